The molecule has 0 amide bonds. The number of fused-ring (bicyclic) bond motifs is 2. The summed E-state index contributed by atoms with van der Waals surface area (Å²) in [5.41, 5.74) is 8.64. The highest BCUT2D eigenvalue weighted by Gasteiger charge is 2.20. The summed E-state index contributed by atoms with van der Waals surface area (Å²) in [6.45, 7) is 6.86. The molecule has 0 nitrogen and oxygen atoms in total. The van der Waals surface area contributed by atoms with E-state index in [-0.39, 0.29) is 0 Å². The molecule has 3 aromatic carbocycles. The van der Waals surface area contributed by atoms with Gasteiger partial charge in [0.15, 0.2) is 0 Å². The largest absolute Gasteiger partial charge is 0.0648 e. The normalized spacial score (nSPS) is 14.5. The second kappa shape index (κ2) is 5.94. The molecular formula is C24H24. The quantitative estimate of drug-likeness (QED) is 0.499. The van der Waals surface area contributed by atoms with E-state index in [2.05, 4.69) is 81.4 Å². The molecule has 1 atom stereocenters. The number of hydrogen-bond acceptors (Lipinski definition) is 0. The Balaban J connectivity index is 1.97. The molecule has 0 bridgehead atoms. The lowest BCUT2D eigenvalue weighted by Gasteiger charge is -2.14. The van der Waals surface area contributed by atoms with Gasteiger partial charge in [0, 0.05) is 0 Å². The fourth-order valence-corrected chi connectivity index (χ4v) is 3.93. The Bertz CT molecular complexity index is 943. The van der Waals surface area contributed by atoms with Gasteiger partial charge in [-0.15, -0.1) is 0 Å². The van der Waals surface area contributed by atoms with E-state index >= 15 is 0 Å². The first-order valence-corrected chi connectivity index (χ1v) is 9.00. The third kappa shape index (κ3) is 2.38. The molecule has 0 spiro atoms. The van der Waals surface area contributed by atoms with E-state index in [1.165, 1.54) is 45.0 Å². The standard InChI is InChI=1S/C24H24/c1-4-16(2)20-14-19-9-7-11-22(23(19)15-20)24-17(3)12-13-18-8-5-6-10-21(18)24/h5-13,15-16H,4,14H2,1-3H3. The van der Waals surface area contributed by atoms with Crippen LogP contribution in [0.2, 0.25) is 0 Å². The molecule has 0 aliphatic heterocycles. The van der Waals surface area contributed by atoms with E-state index < -0.39 is 0 Å². The second-order valence-electron chi connectivity index (χ2n) is 7.06. The van der Waals surface area contributed by atoms with Gasteiger partial charge in [-0.2, -0.15) is 0 Å². The van der Waals surface area contributed by atoms with E-state index in [0.717, 1.165) is 6.42 Å². The maximum atomic E-state index is 2.46. The molecule has 24 heavy (non-hydrogen) atoms. The Morgan fingerprint density at radius 1 is 0.958 bits per heavy atom. The second-order valence-corrected chi connectivity index (χ2v) is 7.06. The SMILES string of the molecule is CCC(C)C1=Cc2c(cccc2-c2c(C)ccc3ccccc23)C1. The van der Waals surface area contributed by atoms with E-state index in [0.29, 0.717) is 5.92 Å². The van der Waals surface area contributed by atoms with Crippen molar-refractivity contribution in [2.45, 2.75) is 33.6 Å². The number of benzene rings is 3. The van der Waals surface area contributed by atoms with Crippen LogP contribution in [0.5, 0.6) is 0 Å². The summed E-state index contributed by atoms with van der Waals surface area (Å²) in [6, 6.07) is 20.0. The highest BCUT2D eigenvalue weighted by atomic mass is 14.2. The topological polar surface area (TPSA) is 0 Å². The highest BCUT2D eigenvalue weighted by molar-refractivity contribution is 6.00. The molecule has 0 saturated heterocycles. The van der Waals surface area contributed by atoms with Crippen LogP contribution < -0.4 is 0 Å². The molecule has 0 N–H and O–H groups in total. The van der Waals surface area contributed by atoms with Crippen molar-refractivity contribution in [1.29, 1.82) is 0 Å². The molecular weight excluding hydrogens is 288 g/mol. The van der Waals surface area contributed by atoms with Gasteiger partial charge in [-0.25, -0.2) is 0 Å². The zero-order chi connectivity index (χ0) is 16.7. The van der Waals surface area contributed by atoms with Crippen molar-refractivity contribution in [3.63, 3.8) is 0 Å². The third-order valence-electron chi connectivity index (χ3n) is 5.57. The van der Waals surface area contributed by atoms with Crippen molar-refractivity contribution in [1.82, 2.24) is 0 Å². The fraction of sp³-hybridized carbons (Fsp3) is 0.250. The van der Waals surface area contributed by atoms with Crippen LogP contribution in [0.1, 0.15) is 37.0 Å². The predicted molar refractivity (Wildman–Crippen MR) is 105 cm³/mol. The first kappa shape index (κ1) is 15.2. The van der Waals surface area contributed by atoms with Gasteiger partial charge >= 0.3 is 0 Å². The summed E-state index contributed by atoms with van der Waals surface area (Å²) in [6.07, 6.45) is 4.78. The van der Waals surface area contributed by atoms with Crippen LogP contribution in [0.3, 0.4) is 0 Å². The molecule has 120 valence electrons. The zero-order valence-electron chi connectivity index (χ0n) is 14.8. The molecule has 1 unspecified atom stereocenters. The van der Waals surface area contributed by atoms with Crippen molar-refractivity contribution < 1.29 is 0 Å². The van der Waals surface area contributed by atoms with Crippen LogP contribution in [0.25, 0.3) is 28.0 Å². The first-order chi connectivity index (χ1) is 11.7. The Morgan fingerprint density at radius 2 is 1.79 bits per heavy atom. The Morgan fingerprint density at radius 3 is 2.62 bits per heavy atom. The molecule has 3 aromatic rings. The smallest absolute Gasteiger partial charge is 0.00549 e. The van der Waals surface area contributed by atoms with Gasteiger partial charge < -0.3 is 0 Å². The zero-order valence-corrected chi connectivity index (χ0v) is 14.8. The number of aryl methyl sites for hydroxylation is 1. The molecule has 0 heteroatoms. The van der Waals surface area contributed by atoms with Gasteiger partial charge in [-0.3, -0.25) is 0 Å². The molecule has 0 fully saturated rings. The Hall–Kier alpha value is -2.34. The van der Waals surface area contributed by atoms with Gasteiger partial charge in [0.1, 0.15) is 0 Å². The summed E-state index contributed by atoms with van der Waals surface area (Å²) >= 11 is 0. The minimum absolute atomic E-state index is 0.666. The van der Waals surface area contributed by atoms with Crippen LogP contribution in [0.15, 0.2) is 60.2 Å². The lowest BCUT2D eigenvalue weighted by atomic mass is 9.90. The molecule has 1 aliphatic carbocycles. The van der Waals surface area contributed by atoms with Crippen LogP contribution in [-0.2, 0) is 6.42 Å². The lowest BCUT2D eigenvalue weighted by molar-refractivity contribution is 0.647. The Kier molecular flexibility index (Phi) is 3.76. The van der Waals surface area contributed by atoms with E-state index in [4.69, 9.17) is 0 Å². The van der Waals surface area contributed by atoms with Crippen molar-refractivity contribution in [2.24, 2.45) is 5.92 Å². The van der Waals surface area contributed by atoms with Crippen molar-refractivity contribution in [3.8, 4) is 11.1 Å². The summed E-state index contributed by atoms with van der Waals surface area (Å²) in [5, 5.41) is 2.68. The average molecular weight is 312 g/mol. The summed E-state index contributed by atoms with van der Waals surface area (Å²) in [4.78, 5) is 0. The monoisotopic (exact) mass is 312 g/mol. The van der Waals surface area contributed by atoms with Gasteiger partial charge in [-0.05, 0) is 64.3 Å². The molecule has 0 saturated carbocycles. The lowest BCUT2D eigenvalue weighted by Crippen LogP contribution is -1.96. The number of allylic oxidation sites excluding steroid dienone is 1. The van der Waals surface area contributed by atoms with Crippen LogP contribution >= 0.6 is 0 Å². The molecule has 0 radical (unpaired) electrons. The fourth-order valence-electron chi connectivity index (χ4n) is 3.93. The molecule has 1 aliphatic rings. The molecule has 0 aromatic heterocycles. The number of hydrogen-bond donors (Lipinski definition) is 0. The van der Waals surface area contributed by atoms with Gasteiger partial charge in [-0.1, -0.05) is 80.1 Å². The average Bonchev–Trinajstić information content (AvgIpc) is 3.05. The third-order valence-corrected chi connectivity index (χ3v) is 5.57. The van der Waals surface area contributed by atoms with Crippen molar-refractivity contribution in [2.75, 3.05) is 0 Å². The van der Waals surface area contributed by atoms with E-state index in [1.807, 2.05) is 0 Å². The van der Waals surface area contributed by atoms with Crippen LogP contribution in [0, 0.1) is 12.8 Å². The minimum Gasteiger partial charge on any atom is -0.0648 e. The van der Waals surface area contributed by atoms with Crippen LogP contribution in [-0.4, -0.2) is 0 Å². The molecule has 0 heterocycles. The summed E-state index contributed by atoms with van der Waals surface area (Å²) in [7, 11) is 0. The van der Waals surface area contributed by atoms with Gasteiger partial charge in [0.2, 0.25) is 0 Å². The predicted octanol–water partition coefficient (Wildman–Crippen LogP) is 6.80. The van der Waals surface area contributed by atoms with Crippen molar-refractivity contribution >= 4 is 16.8 Å². The highest BCUT2D eigenvalue weighted by Crippen LogP contribution is 2.40. The van der Waals surface area contributed by atoms with Crippen molar-refractivity contribution in [3.05, 3.63) is 76.9 Å². The molecule has 4 rings (SSSR count). The maximum Gasteiger partial charge on any atom is -0.00549 e. The van der Waals surface area contributed by atoms with Gasteiger partial charge in [0.05, 0.1) is 0 Å². The van der Waals surface area contributed by atoms with Crippen LogP contribution in [0.4, 0.5) is 0 Å². The van der Waals surface area contributed by atoms with E-state index in [9.17, 15) is 0 Å². The first-order valence-electron chi connectivity index (χ1n) is 9.00. The summed E-state index contributed by atoms with van der Waals surface area (Å²) in [5.74, 6) is 0.666. The van der Waals surface area contributed by atoms with Gasteiger partial charge in [0.25, 0.3) is 0 Å². The van der Waals surface area contributed by atoms with E-state index in [1.54, 1.807) is 5.57 Å². The number of rotatable bonds is 3. The summed E-state index contributed by atoms with van der Waals surface area (Å²) < 4.78 is 0. The maximum absolute atomic E-state index is 2.46. The Labute approximate surface area is 144 Å². The minimum atomic E-state index is 0.666.